The molecule has 1 amide bonds. The number of carboxylic acids is 1. The summed E-state index contributed by atoms with van der Waals surface area (Å²) in [5, 5.41) is 8.85. The van der Waals surface area contributed by atoms with Crippen molar-refractivity contribution in [1.82, 2.24) is 4.90 Å². The van der Waals surface area contributed by atoms with Crippen LogP contribution in [0.2, 0.25) is 0 Å². The molecule has 0 aliphatic carbocycles. The highest BCUT2D eigenvalue weighted by Crippen LogP contribution is 2.45. The van der Waals surface area contributed by atoms with Crippen molar-refractivity contribution in [1.29, 1.82) is 0 Å². The van der Waals surface area contributed by atoms with E-state index in [1.165, 1.54) is 11.8 Å². The van der Waals surface area contributed by atoms with Crippen LogP contribution < -0.4 is 0 Å². The number of thioether (sulfide) groups is 1. The van der Waals surface area contributed by atoms with Gasteiger partial charge in [0.25, 0.3) is 0 Å². The maximum atomic E-state index is 12.9. The van der Waals surface area contributed by atoms with Crippen molar-refractivity contribution in [2.24, 2.45) is 5.41 Å². The number of rotatable bonds is 5. The van der Waals surface area contributed by atoms with Gasteiger partial charge in [0, 0.05) is 13.1 Å². The Morgan fingerprint density at radius 2 is 2.05 bits per heavy atom. The standard InChI is InChI=1S/C11H16F3NO3S/c1-2-5-19-6-8(16)15-4-3-10(7-15,9(17)18)11(12,13)14/h2-7H2,1H3,(H,17,18). The van der Waals surface area contributed by atoms with Crippen molar-refractivity contribution in [3.63, 3.8) is 0 Å². The van der Waals surface area contributed by atoms with Crippen LogP contribution in [0.3, 0.4) is 0 Å². The summed E-state index contributed by atoms with van der Waals surface area (Å²) in [4.78, 5) is 23.6. The lowest BCUT2D eigenvalue weighted by molar-refractivity contribution is -0.227. The monoisotopic (exact) mass is 299 g/mol. The second-order valence-corrected chi connectivity index (χ2v) is 5.61. The van der Waals surface area contributed by atoms with E-state index in [1.54, 1.807) is 0 Å². The van der Waals surface area contributed by atoms with E-state index in [0.717, 1.165) is 17.1 Å². The van der Waals surface area contributed by atoms with Crippen LogP contribution in [-0.4, -0.2) is 52.7 Å². The number of hydrogen-bond donors (Lipinski definition) is 1. The fourth-order valence-electron chi connectivity index (χ4n) is 1.94. The maximum Gasteiger partial charge on any atom is 0.406 e. The number of carbonyl (C=O) groups is 2. The molecule has 0 aromatic rings. The molecule has 0 aromatic heterocycles. The molecule has 1 heterocycles. The fourth-order valence-corrected chi connectivity index (χ4v) is 2.74. The molecule has 1 saturated heterocycles. The molecule has 1 atom stereocenters. The minimum Gasteiger partial charge on any atom is -0.481 e. The quantitative estimate of drug-likeness (QED) is 0.789. The minimum atomic E-state index is -4.84. The number of halogens is 3. The third kappa shape index (κ3) is 3.34. The van der Waals surface area contributed by atoms with Gasteiger partial charge in [0.15, 0.2) is 5.41 Å². The third-order valence-corrected chi connectivity index (χ3v) is 4.30. The van der Waals surface area contributed by atoms with Crippen molar-refractivity contribution in [3.05, 3.63) is 0 Å². The molecular formula is C11H16F3NO3S. The average molecular weight is 299 g/mol. The first-order chi connectivity index (χ1) is 8.74. The van der Waals surface area contributed by atoms with Crippen LogP contribution in [0.5, 0.6) is 0 Å². The van der Waals surface area contributed by atoms with Gasteiger partial charge in [-0.2, -0.15) is 24.9 Å². The van der Waals surface area contributed by atoms with E-state index in [2.05, 4.69) is 0 Å². The third-order valence-electron chi connectivity index (χ3n) is 3.15. The Labute approximate surface area is 113 Å². The van der Waals surface area contributed by atoms with Gasteiger partial charge in [0.05, 0.1) is 5.75 Å². The smallest absolute Gasteiger partial charge is 0.406 e. The molecule has 1 fully saturated rings. The van der Waals surface area contributed by atoms with E-state index in [-0.39, 0.29) is 12.3 Å². The highest BCUT2D eigenvalue weighted by Gasteiger charge is 2.64. The summed E-state index contributed by atoms with van der Waals surface area (Å²) in [5.41, 5.74) is -2.81. The van der Waals surface area contributed by atoms with Crippen molar-refractivity contribution in [3.8, 4) is 0 Å². The van der Waals surface area contributed by atoms with Gasteiger partial charge in [-0.05, 0) is 18.6 Å². The molecular weight excluding hydrogens is 283 g/mol. The summed E-state index contributed by atoms with van der Waals surface area (Å²) in [7, 11) is 0. The highest BCUT2D eigenvalue weighted by atomic mass is 32.2. The van der Waals surface area contributed by atoms with E-state index < -0.39 is 36.4 Å². The zero-order chi connectivity index (χ0) is 14.7. The molecule has 0 bridgehead atoms. The topological polar surface area (TPSA) is 57.6 Å². The first-order valence-corrected chi connectivity index (χ1v) is 7.05. The number of amides is 1. The van der Waals surface area contributed by atoms with Gasteiger partial charge in [-0.25, -0.2) is 0 Å². The van der Waals surface area contributed by atoms with Crippen molar-refractivity contribution in [2.45, 2.75) is 25.9 Å². The second-order valence-electron chi connectivity index (χ2n) is 4.50. The molecule has 0 radical (unpaired) electrons. The minimum absolute atomic E-state index is 0.0986. The predicted octanol–water partition coefficient (Wildman–Crippen LogP) is 2.00. The molecule has 1 aliphatic rings. The van der Waals surface area contributed by atoms with Crippen LogP contribution in [0, 0.1) is 5.41 Å². The lowest BCUT2D eigenvalue weighted by atomic mass is 9.86. The predicted molar refractivity (Wildman–Crippen MR) is 64.9 cm³/mol. The summed E-state index contributed by atoms with van der Waals surface area (Å²) in [6.07, 6.45) is -4.54. The van der Waals surface area contributed by atoms with Gasteiger partial charge in [-0.15, -0.1) is 0 Å². The Balaban J connectivity index is 2.70. The molecule has 19 heavy (non-hydrogen) atoms. The number of carbonyl (C=O) groups excluding carboxylic acids is 1. The number of hydrogen-bond acceptors (Lipinski definition) is 3. The molecule has 8 heteroatoms. The van der Waals surface area contributed by atoms with Crippen LogP contribution in [0.25, 0.3) is 0 Å². The number of aliphatic carboxylic acids is 1. The SMILES string of the molecule is CCCSCC(=O)N1CCC(C(=O)O)(C(F)(F)F)C1. The molecule has 4 nitrogen and oxygen atoms in total. The molecule has 0 aromatic carbocycles. The second kappa shape index (κ2) is 6.02. The van der Waals surface area contributed by atoms with Gasteiger partial charge in [-0.3, -0.25) is 9.59 Å². The first kappa shape index (κ1) is 16.1. The van der Waals surface area contributed by atoms with E-state index in [1.807, 2.05) is 6.92 Å². The summed E-state index contributed by atoms with van der Waals surface area (Å²) in [6.45, 7) is 1.00. The number of likely N-dealkylation sites (tertiary alicyclic amines) is 1. The fraction of sp³-hybridized carbons (Fsp3) is 0.818. The van der Waals surface area contributed by atoms with Crippen LogP contribution in [0.15, 0.2) is 0 Å². The van der Waals surface area contributed by atoms with Crippen LogP contribution >= 0.6 is 11.8 Å². The highest BCUT2D eigenvalue weighted by molar-refractivity contribution is 7.99. The summed E-state index contributed by atoms with van der Waals surface area (Å²) in [6, 6.07) is 0. The van der Waals surface area contributed by atoms with Gasteiger partial charge in [-0.1, -0.05) is 6.92 Å². The van der Waals surface area contributed by atoms with Crippen LogP contribution in [0.1, 0.15) is 19.8 Å². The van der Waals surface area contributed by atoms with Crippen LogP contribution in [0.4, 0.5) is 13.2 Å². The molecule has 1 N–H and O–H groups in total. The summed E-state index contributed by atoms with van der Waals surface area (Å²) >= 11 is 1.34. The zero-order valence-electron chi connectivity index (χ0n) is 10.5. The molecule has 1 rings (SSSR count). The van der Waals surface area contributed by atoms with Crippen molar-refractivity contribution in [2.75, 3.05) is 24.6 Å². The van der Waals surface area contributed by atoms with Gasteiger partial charge >= 0.3 is 12.1 Å². The average Bonchev–Trinajstić information content (AvgIpc) is 2.74. The van der Waals surface area contributed by atoms with Crippen molar-refractivity contribution >= 4 is 23.6 Å². The van der Waals surface area contributed by atoms with Gasteiger partial charge in [0.1, 0.15) is 0 Å². The normalized spacial score (nSPS) is 23.7. The maximum absolute atomic E-state index is 12.9. The Morgan fingerprint density at radius 3 is 2.47 bits per heavy atom. The largest absolute Gasteiger partial charge is 0.481 e. The lowest BCUT2D eigenvalue weighted by Gasteiger charge is -2.27. The van der Waals surface area contributed by atoms with E-state index in [9.17, 15) is 22.8 Å². The Hall–Kier alpha value is -0.920. The number of alkyl halides is 3. The van der Waals surface area contributed by atoms with E-state index in [0.29, 0.717) is 0 Å². The van der Waals surface area contributed by atoms with Gasteiger partial charge < -0.3 is 10.0 Å². The van der Waals surface area contributed by atoms with Gasteiger partial charge in [0.2, 0.25) is 5.91 Å². The lowest BCUT2D eigenvalue weighted by Crippen LogP contribution is -2.48. The molecule has 1 unspecified atom stereocenters. The molecule has 1 aliphatic heterocycles. The summed E-state index contributed by atoms with van der Waals surface area (Å²) < 4.78 is 38.7. The Bertz CT molecular complexity index is 362. The van der Waals surface area contributed by atoms with Crippen LogP contribution in [-0.2, 0) is 9.59 Å². The number of nitrogens with zero attached hydrogens (tertiary/aromatic N) is 1. The molecule has 0 saturated carbocycles. The van der Waals surface area contributed by atoms with Crippen molar-refractivity contribution < 1.29 is 27.9 Å². The zero-order valence-corrected chi connectivity index (χ0v) is 11.3. The Morgan fingerprint density at radius 1 is 1.42 bits per heavy atom. The number of carboxylic acid groups (broad SMARTS) is 1. The summed E-state index contributed by atoms with van der Waals surface area (Å²) in [5.74, 6) is -1.48. The van der Waals surface area contributed by atoms with E-state index >= 15 is 0 Å². The molecule has 0 spiro atoms. The van der Waals surface area contributed by atoms with E-state index in [4.69, 9.17) is 5.11 Å². The molecule has 110 valence electrons. The Kier molecular flexibility index (Phi) is 5.11. The first-order valence-electron chi connectivity index (χ1n) is 5.90.